The number of nitrogens with one attached hydrogen (secondary N) is 1. The second kappa shape index (κ2) is 10.3. The molecule has 0 aliphatic carbocycles. The quantitative estimate of drug-likeness (QED) is 0.393. The standard InChI is InChI=1S/C27H29N3O4/c1-18-13-19(2)15-21(14-18)34-12-11-30-23-8-6-5-7-22(23)29-26(30)17-28-27(31)20-9-10-24(32-3)25(16-20)33-4/h5-10,13-16H,11-12,17H2,1-4H3,(H,28,31). The Labute approximate surface area is 199 Å². The number of para-hydroxylation sites is 2. The minimum absolute atomic E-state index is 0.217. The van der Waals surface area contributed by atoms with E-state index in [9.17, 15) is 4.79 Å². The molecule has 0 atom stereocenters. The van der Waals surface area contributed by atoms with Crippen LogP contribution in [0.3, 0.4) is 0 Å². The summed E-state index contributed by atoms with van der Waals surface area (Å²) in [6.07, 6.45) is 0. The first kappa shape index (κ1) is 23.2. The van der Waals surface area contributed by atoms with Gasteiger partial charge in [0.05, 0.1) is 38.3 Å². The van der Waals surface area contributed by atoms with Gasteiger partial charge in [-0.2, -0.15) is 0 Å². The lowest BCUT2D eigenvalue weighted by molar-refractivity contribution is 0.0949. The van der Waals surface area contributed by atoms with Crippen LogP contribution >= 0.6 is 0 Å². The van der Waals surface area contributed by atoms with Crippen LogP contribution in [-0.4, -0.2) is 36.3 Å². The molecule has 176 valence electrons. The van der Waals surface area contributed by atoms with Crippen LogP contribution in [0, 0.1) is 13.8 Å². The number of hydrogen-bond donors (Lipinski definition) is 1. The van der Waals surface area contributed by atoms with Crippen molar-refractivity contribution in [2.45, 2.75) is 26.9 Å². The molecule has 0 bridgehead atoms. The SMILES string of the molecule is COc1ccc(C(=O)NCc2nc3ccccc3n2CCOc2cc(C)cc(C)c2)cc1OC. The van der Waals surface area contributed by atoms with E-state index in [1.165, 1.54) is 11.1 Å². The second-order valence-electron chi connectivity index (χ2n) is 8.09. The fraction of sp³-hybridized carbons (Fsp3) is 0.259. The third-order valence-electron chi connectivity index (χ3n) is 5.57. The lowest BCUT2D eigenvalue weighted by Crippen LogP contribution is -2.25. The van der Waals surface area contributed by atoms with E-state index in [1.54, 1.807) is 32.4 Å². The predicted octanol–water partition coefficient (Wildman–Crippen LogP) is 4.68. The number of imidazole rings is 1. The zero-order valence-electron chi connectivity index (χ0n) is 19.9. The van der Waals surface area contributed by atoms with E-state index in [4.69, 9.17) is 19.2 Å². The zero-order valence-corrected chi connectivity index (χ0v) is 19.9. The Kier molecular flexibility index (Phi) is 7.01. The summed E-state index contributed by atoms with van der Waals surface area (Å²) in [6.45, 7) is 5.49. The molecule has 7 heteroatoms. The molecule has 0 saturated carbocycles. The van der Waals surface area contributed by atoms with Gasteiger partial charge in [-0.3, -0.25) is 4.79 Å². The maximum atomic E-state index is 12.8. The lowest BCUT2D eigenvalue weighted by Gasteiger charge is -2.13. The molecular formula is C27H29N3O4. The molecule has 0 aliphatic heterocycles. The highest BCUT2D eigenvalue weighted by molar-refractivity contribution is 5.94. The number of carbonyl (C=O) groups is 1. The number of carbonyl (C=O) groups excluding carboxylic acids is 1. The van der Waals surface area contributed by atoms with Gasteiger partial charge in [0.15, 0.2) is 11.5 Å². The number of rotatable bonds is 9. The topological polar surface area (TPSA) is 74.6 Å². The van der Waals surface area contributed by atoms with Gasteiger partial charge in [-0.05, 0) is 67.4 Å². The van der Waals surface area contributed by atoms with Crippen molar-refractivity contribution in [3.63, 3.8) is 0 Å². The van der Waals surface area contributed by atoms with Gasteiger partial charge >= 0.3 is 0 Å². The number of nitrogens with zero attached hydrogens (tertiary/aromatic N) is 2. The molecule has 1 heterocycles. The van der Waals surface area contributed by atoms with Gasteiger partial charge in [-0.15, -0.1) is 0 Å². The molecule has 1 aromatic heterocycles. The largest absolute Gasteiger partial charge is 0.493 e. The number of ether oxygens (including phenoxy) is 3. The van der Waals surface area contributed by atoms with Crippen molar-refractivity contribution in [3.05, 3.63) is 83.2 Å². The molecule has 7 nitrogen and oxygen atoms in total. The fourth-order valence-electron chi connectivity index (χ4n) is 4.02. The van der Waals surface area contributed by atoms with Crippen LogP contribution in [0.5, 0.6) is 17.2 Å². The molecule has 0 spiro atoms. The normalized spacial score (nSPS) is 10.8. The van der Waals surface area contributed by atoms with Gasteiger partial charge in [0.1, 0.15) is 18.2 Å². The van der Waals surface area contributed by atoms with Crippen LogP contribution in [0.1, 0.15) is 27.3 Å². The molecule has 34 heavy (non-hydrogen) atoms. The van der Waals surface area contributed by atoms with E-state index in [1.807, 2.05) is 36.4 Å². The molecular weight excluding hydrogens is 430 g/mol. The first-order valence-corrected chi connectivity index (χ1v) is 11.1. The molecule has 0 fully saturated rings. The van der Waals surface area contributed by atoms with Crippen LogP contribution in [0.15, 0.2) is 60.7 Å². The summed E-state index contributed by atoms with van der Waals surface area (Å²) in [7, 11) is 3.11. The highest BCUT2D eigenvalue weighted by atomic mass is 16.5. The van der Waals surface area contributed by atoms with Crippen LogP contribution in [0.4, 0.5) is 0 Å². The average molecular weight is 460 g/mol. The Hall–Kier alpha value is -4.00. The summed E-state index contributed by atoms with van der Waals surface area (Å²) in [4.78, 5) is 17.5. The van der Waals surface area contributed by atoms with Crippen LogP contribution < -0.4 is 19.5 Å². The summed E-state index contributed by atoms with van der Waals surface area (Å²) in [5.74, 6) is 2.48. The molecule has 0 aliphatic rings. The number of aromatic nitrogens is 2. The molecule has 0 unspecified atom stereocenters. The van der Waals surface area contributed by atoms with Crippen molar-refractivity contribution in [2.24, 2.45) is 0 Å². The summed E-state index contributed by atoms with van der Waals surface area (Å²) < 4.78 is 18.7. The number of hydrogen-bond acceptors (Lipinski definition) is 5. The highest BCUT2D eigenvalue weighted by Gasteiger charge is 2.14. The van der Waals surface area contributed by atoms with Gasteiger partial charge in [0, 0.05) is 5.56 Å². The van der Waals surface area contributed by atoms with Crippen molar-refractivity contribution in [2.75, 3.05) is 20.8 Å². The highest BCUT2D eigenvalue weighted by Crippen LogP contribution is 2.27. The molecule has 1 N–H and O–H groups in total. The first-order valence-electron chi connectivity index (χ1n) is 11.1. The Bertz CT molecular complexity index is 1290. The van der Waals surface area contributed by atoms with E-state index >= 15 is 0 Å². The van der Waals surface area contributed by atoms with E-state index in [0.29, 0.717) is 30.2 Å². The molecule has 4 aromatic rings. The van der Waals surface area contributed by atoms with Gasteiger partial charge in [-0.1, -0.05) is 18.2 Å². The Morgan fingerprint density at radius 1 is 0.941 bits per heavy atom. The number of fused-ring (bicyclic) bond motifs is 1. The molecule has 0 saturated heterocycles. The number of benzene rings is 3. The van der Waals surface area contributed by atoms with Crippen LogP contribution in [0.25, 0.3) is 11.0 Å². The smallest absolute Gasteiger partial charge is 0.251 e. The Morgan fingerprint density at radius 2 is 1.68 bits per heavy atom. The van der Waals surface area contributed by atoms with Gasteiger partial charge in [-0.25, -0.2) is 4.98 Å². The Morgan fingerprint density at radius 3 is 2.41 bits per heavy atom. The van der Waals surface area contributed by atoms with Gasteiger partial charge in [0.25, 0.3) is 5.91 Å². The summed E-state index contributed by atoms with van der Waals surface area (Å²) >= 11 is 0. The van der Waals surface area contributed by atoms with Crippen molar-refractivity contribution in [3.8, 4) is 17.2 Å². The predicted molar refractivity (Wildman–Crippen MR) is 132 cm³/mol. The molecule has 1 amide bonds. The molecule has 4 rings (SSSR count). The van der Waals surface area contributed by atoms with E-state index in [0.717, 1.165) is 22.6 Å². The molecule has 3 aromatic carbocycles. The fourth-order valence-corrected chi connectivity index (χ4v) is 4.02. The summed E-state index contributed by atoms with van der Waals surface area (Å²) in [5, 5.41) is 2.97. The summed E-state index contributed by atoms with van der Waals surface area (Å²) in [6, 6.07) is 19.2. The minimum atomic E-state index is -0.217. The van der Waals surface area contributed by atoms with Gasteiger partial charge < -0.3 is 24.1 Å². The third kappa shape index (κ3) is 5.14. The van der Waals surface area contributed by atoms with Crippen LogP contribution in [-0.2, 0) is 13.1 Å². The van der Waals surface area contributed by atoms with Crippen molar-refractivity contribution < 1.29 is 19.0 Å². The van der Waals surface area contributed by atoms with Crippen LogP contribution in [0.2, 0.25) is 0 Å². The maximum Gasteiger partial charge on any atom is 0.251 e. The van der Waals surface area contributed by atoms with E-state index < -0.39 is 0 Å². The zero-order chi connectivity index (χ0) is 24.1. The van der Waals surface area contributed by atoms with Crippen molar-refractivity contribution in [1.29, 1.82) is 0 Å². The Balaban J connectivity index is 1.49. The molecule has 0 radical (unpaired) electrons. The monoisotopic (exact) mass is 459 g/mol. The maximum absolute atomic E-state index is 12.8. The number of methoxy groups -OCH3 is 2. The average Bonchev–Trinajstić information content (AvgIpc) is 3.19. The second-order valence-corrected chi connectivity index (χ2v) is 8.09. The van der Waals surface area contributed by atoms with Crippen molar-refractivity contribution in [1.82, 2.24) is 14.9 Å². The third-order valence-corrected chi connectivity index (χ3v) is 5.57. The van der Waals surface area contributed by atoms with E-state index in [-0.39, 0.29) is 12.5 Å². The van der Waals surface area contributed by atoms with Gasteiger partial charge in [0.2, 0.25) is 0 Å². The first-order chi connectivity index (χ1) is 16.5. The van der Waals surface area contributed by atoms with E-state index in [2.05, 4.69) is 29.8 Å². The minimum Gasteiger partial charge on any atom is -0.493 e. The summed E-state index contributed by atoms with van der Waals surface area (Å²) in [5.41, 5.74) is 4.70. The number of aryl methyl sites for hydroxylation is 2. The lowest BCUT2D eigenvalue weighted by atomic mass is 10.1. The van der Waals surface area contributed by atoms with Crippen molar-refractivity contribution >= 4 is 16.9 Å². The number of amides is 1.